The highest BCUT2D eigenvalue weighted by Crippen LogP contribution is 2.37. The summed E-state index contributed by atoms with van der Waals surface area (Å²) < 4.78 is 18.3. The minimum atomic E-state index is -0.393. The molecule has 0 N–H and O–H groups in total. The standard InChI is InChI=1S/C19H15ClN2O5S/c1-25-17(23)6-7-22-13-8-14-15(27-10-26-14)9-16(13)28-19(22)21-18(24)11-2-4-12(20)5-3-11/h2-5,8-9H,6-7,10H2,1H3. The molecule has 1 aliphatic rings. The zero-order chi connectivity index (χ0) is 19.7. The third kappa shape index (κ3) is 3.61. The van der Waals surface area contributed by atoms with E-state index in [4.69, 9.17) is 25.8 Å². The van der Waals surface area contributed by atoms with Gasteiger partial charge in [0.1, 0.15) is 0 Å². The van der Waals surface area contributed by atoms with E-state index in [-0.39, 0.29) is 19.2 Å². The molecule has 0 radical (unpaired) electrons. The molecule has 28 heavy (non-hydrogen) atoms. The Morgan fingerprint density at radius 2 is 1.93 bits per heavy atom. The minimum absolute atomic E-state index is 0.152. The third-order valence-electron chi connectivity index (χ3n) is 4.23. The summed E-state index contributed by atoms with van der Waals surface area (Å²) in [7, 11) is 1.34. The average Bonchev–Trinajstić information content (AvgIpc) is 3.28. The fraction of sp³-hybridized carbons (Fsp3) is 0.211. The molecule has 1 aliphatic heterocycles. The van der Waals surface area contributed by atoms with E-state index in [2.05, 4.69) is 4.99 Å². The molecule has 0 bridgehead atoms. The number of aromatic nitrogens is 1. The molecule has 0 saturated carbocycles. The van der Waals surface area contributed by atoms with Gasteiger partial charge in [0.2, 0.25) is 6.79 Å². The van der Waals surface area contributed by atoms with E-state index in [0.717, 1.165) is 10.2 Å². The van der Waals surface area contributed by atoms with Crippen LogP contribution >= 0.6 is 22.9 Å². The molecule has 0 saturated heterocycles. The van der Waals surface area contributed by atoms with Crippen LogP contribution in [0.25, 0.3) is 10.2 Å². The van der Waals surface area contributed by atoms with Crippen molar-refractivity contribution in [1.29, 1.82) is 0 Å². The van der Waals surface area contributed by atoms with Gasteiger partial charge in [-0.3, -0.25) is 9.59 Å². The molecule has 0 unspecified atom stereocenters. The summed E-state index contributed by atoms with van der Waals surface area (Å²) >= 11 is 7.21. The van der Waals surface area contributed by atoms with Crippen LogP contribution in [0.2, 0.25) is 5.02 Å². The van der Waals surface area contributed by atoms with Crippen molar-refractivity contribution in [3.8, 4) is 11.5 Å². The summed E-state index contributed by atoms with van der Waals surface area (Å²) in [6.07, 6.45) is 0.152. The van der Waals surface area contributed by atoms with E-state index in [9.17, 15) is 9.59 Å². The number of fused-ring (bicyclic) bond motifs is 2. The normalized spacial score (nSPS) is 13.1. The molecule has 2 heterocycles. The number of carbonyl (C=O) groups is 2. The zero-order valence-corrected chi connectivity index (χ0v) is 16.4. The molecular weight excluding hydrogens is 404 g/mol. The summed E-state index contributed by atoms with van der Waals surface area (Å²) in [5, 5.41) is 0.543. The van der Waals surface area contributed by atoms with Crippen LogP contribution in [0.15, 0.2) is 41.4 Å². The van der Waals surface area contributed by atoms with Crippen LogP contribution in [-0.2, 0) is 16.1 Å². The maximum atomic E-state index is 12.6. The average molecular weight is 419 g/mol. The van der Waals surface area contributed by atoms with Gasteiger partial charge in [0, 0.05) is 29.3 Å². The van der Waals surface area contributed by atoms with E-state index in [0.29, 0.717) is 33.4 Å². The van der Waals surface area contributed by atoms with Crippen molar-refractivity contribution in [3.63, 3.8) is 0 Å². The van der Waals surface area contributed by atoms with Crippen LogP contribution in [0, 0.1) is 0 Å². The third-order valence-corrected chi connectivity index (χ3v) is 5.53. The lowest BCUT2D eigenvalue weighted by Gasteiger charge is -2.05. The van der Waals surface area contributed by atoms with Crippen molar-refractivity contribution < 1.29 is 23.8 Å². The highest BCUT2D eigenvalue weighted by atomic mass is 35.5. The lowest BCUT2D eigenvalue weighted by molar-refractivity contribution is -0.140. The number of halogens is 1. The van der Waals surface area contributed by atoms with Crippen molar-refractivity contribution in [1.82, 2.24) is 4.57 Å². The molecule has 3 aromatic rings. The van der Waals surface area contributed by atoms with Gasteiger partial charge in [0.15, 0.2) is 16.3 Å². The molecule has 1 amide bonds. The number of thiazole rings is 1. The molecule has 2 aromatic carbocycles. The summed E-state index contributed by atoms with van der Waals surface area (Å²) in [6, 6.07) is 10.2. The second-order valence-electron chi connectivity index (χ2n) is 5.96. The van der Waals surface area contributed by atoms with Gasteiger partial charge >= 0.3 is 5.97 Å². The van der Waals surface area contributed by atoms with Crippen molar-refractivity contribution in [2.24, 2.45) is 4.99 Å². The Kier molecular flexibility index (Phi) is 5.06. The molecule has 0 fully saturated rings. The van der Waals surface area contributed by atoms with Crippen LogP contribution in [0.1, 0.15) is 16.8 Å². The predicted octanol–water partition coefficient (Wildman–Crippen LogP) is 3.39. The molecule has 4 rings (SSSR count). The maximum Gasteiger partial charge on any atom is 0.307 e. The van der Waals surface area contributed by atoms with Gasteiger partial charge < -0.3 is 18.8 Å². The molecule has 0 aliphatic carbocycles. The van der Waals surface area contributed by atoms with Crippen LogP contribution in [0.4, 0.5) is 0 Å². The number of hydrogen-bond acceptors (Lipinski definition) is 6. The number of amides is 1. The topological polar surface area (TPSA) is 79.1 Å². The second-order valence-corrected chi connectivity index (χ2v) is 7.40. The molecule has 144 valence electrons. The maximum absolute atomic E-state index is 12.6. The fourth-order valence-electron chi connectivity index (χ4n) is 2.81. The monoisotopic (exact) mass is 418 g/mol. The first-order valence-corrected chi connectivity index (χ1v) is 9.59. The first-order valence-electron chi connectivity index (χ1n) is 8.39. The summed E-state index contributed by atoms with van der Waals surface area (Å²) in [4.78, 5) is 29.0. The van der Waals surface area contributed by atoms with Crippen molar-refractivity contribution in [2.75, 3.05) is 13.9 Å². The van der Waals surface area contributed by atoms with Crippen LogP contribution < -0.4 is 14.3 Å². The van der Waals surface area contributed by atoms with Crippen LogP contribution in [0.5, 0.6) is 11.5 Å². The lowest BCUT2D eigenvalue weighted by Crippen LogP contribution is -2.19. The smallest absolute Gasteiger partial charge is 0.307 e. The Balaban J connectivity index is 1.80. The van der Waals surface area contributed by atoms with E-state index >= 15 is 0 Å². The highest BCUT2D eigenvalue weighted by molar-refractivity contribution is 7.16. The predicted molar refractivity (Wildman–Crippen MR) is 104 cm³/mol. The summed E-state index contributed by atoms with van der Waals surface area (Å²) in [5.41, 5.74) is 1.23. The first-order chi connectivity index (χ1) is 13.5. The summed E-state index contributed by atoms with van der Waals surface area (Å²) in [5.74, 6) is 0.523. The van der Waals surface area contributed by atoms with Gasteiger partial charge in [0.05, 0.1) is 23.7 Å². The van der Waals surface area contributed by atoms with E-state index in [1.165, 1.54) is 18.4 Å². The zero-order valence-electron chi connectivity index (χ0n) is 14.8. The Bertz CT molecular complexity index is 1130. The number of esters is 1. The first kappa shape index (κ1) is 18.5. The van der Waals surface area contributed by atoms with Crippen molar-refractivity contribution in [2.45, 2.75) is 13.0 Å². The van der Waals surface area contributed by atoms with Gasteiger partial charge in [-0.25, -0.2) is 0 Å². The molecule has 9 heteroatoms. The molecule has 0 spiro atoms. The minimum Gasteiger partial charge on any atom is -0.469 e. The lowest BCUT2D eigenvalue weighted by atomic mass is 10.2. The highest BCUT2D eigenvalue weighted by Gasteiger charge is 2.18. The van der Waals surface area contributed by atoms with Crippen molar-refractivity contribution in [3.05, 3.63) is 51.8 Å². The van der Waals surface area contributed by atoms with E-state index in [1.54, 1.807) is 24.3 Å². The SMILES string of the molecule is COC(=O)CCn1c(=NC(=O)c2ccc(Cl)cc2)sc2cc3c(cc21)OCO3. The number of aryl methyl sites for hydroxylation is 1. The second kappa shape index (κ2) is 7.65. The number of hydrogen-bond donors (Lipinski definition) is 0. The number of carbonyl (C=O) groups excluding carboxylic acids is 2. The number of ether oxygens (including phenoxy) is 3. The number of methoxy groups -OCH3 is 1. The van der Waals surface area contributed by atoms with Crippen molar-refractivity contribution >= 4 is 45.0 Å². The Morgan fingerprint density at radius 1 is 1.21 bits per heavy atom. The molecule has 0 atom stereocenters. The number of nitrogens with zero attached hydrogens (tertiary/aromatic N) is 2. The Morgan fingerprint density at radius 3 is 2.64 bits per heavy atom. The largest absolute Gasteiger partial charge is 0.469 e. The Labute approximate surface area is 168 Å². The fourth-order valence-corrected chi connectivity index (χ4v) is 4.00. The number of rotatable bonds is 4. The quantitative estimate of drug-likeness (QED) is 0.607. The van der Waals surface area contributed by atoms with Crippen LogP contribution in [-0.4, -0.2) is 30.3 Å². The molecule has 1 aromatic heterocycles. The number of benzene rings is 2. The van der Waals surface area contributed by atoms with Gasteiger partial charge in [-0.05, 0) is 24.3 Å². The summed E-state index contributed by atoms with van der Waals surface area (Å²) in [6.45, 7) is 0.486. The Hall–Kier alpha value is -2.84. The van der Waals surface area contributed by atoms with E-state index in [1.807, 2.05) is 16.7 Å². The van der Waals surface area contributed by atoms with Gasteiger partial charge in [0.25, 0.3) is 5.91 Å². The van der Waals surface area contributed by atoms with Crippen LogP contribution in [0.3, 0.4) is 0 Å². The van der Waals surface area contributed by atoms with E-state index < -0.39 is 5.91 Å². The van der Waals surface area contributed by atoms with Gasteiger partial charge in [-0.1, -0.05) is 22.9 Å². The molecule has 7 nitrogen and oxygen atoms in total. The van der Waals surface area contributed by atoms with Gasteiger partial charge in [-0.2, -0.15) is 4.99 Å². The van der Waals surface area contributed by atoms with Gasteiger partial charge in [-0.15, -0.1) is 0 Å². The molecular formula is C19H15ClN2O5S.